The van der Waals surface area contributed by atoms with Crippen LogP contribution >= 0.6 is 0 Å². The Morgan fingerprint density at radius 3 is 2.83 bits per heavy atom. The number of rotatable bonds is 3. The first-order valence-corrected chi connectivity index (χ1v) is 9.87. The zero-order valence-corrected chi connectivity index (χ0v) is 16.9. The van der Waals surface area contributed by atoms with Gasteiger partial charge in [0, 0.05) is 43.2 Å². The Morgan fingerprint density at radius 1 is 1.14 bits per heavy atom. The molecule has 1 amide bonds. The number of benzene rings is 1. The molecule has 0 unspecified atom stereocenters. The standard InChI is InChI=1S/C22H26N6O/c1-15-5-3-6-16(11-15)18-14-25-22(23)26-20(18)17-12-19(24-13-17)21(29)28-8-4-7-27(2)9-10-28/h3,5-6,11-14,24H,4,7-10H2,1-2H3,(H2,23,25,26). The third-order valence-corrected chi connectivity index (χ3v) is 5.33. The van der Waals surface area contributed by atoms with Crippen LogP contribution in [0, 0.1) is 6.92 Å². The van der Waals surface area contributed by atoms with Gasteiger partial charge in [0.15, 0.2) is 0 Å². The van der Waals surface area contributed by atoms with Crippen molar-refractivity contribution in [3.63, 3.8) is 0 Å². The largest absolute Gasteiger partial charge is 0.368 e. The molecule has 7 nitrogen and oxygen atoms in total. The molecule has 0 bridgehead atoms. The lowest BCUT2D eigenvalue weighted by Gasteiger charge is -2.19. The molecule has 1 fully saturated rings. The highest BCUT2D eigenvalue weighted by Gasteiger charge is 2.21. The summed E-state index contributed by atoms with van der Waals surface area (Å²) in [5.41, 5.74) is 11.0. The van der Waals surface area contributed by atoms with Gasteiger partial charge in [-0.25, -0.2) is 9.97 Å². The zero-order valence-electron chi connectivity index (χ0n) is 16.9. The third kappa shape index (κ3) is 4.14. The number of aryl methyl sites for hydroxylation is 1. The fraction of sp³-hybridized carbons (Fsp3) is 0.318. The second-order valence-corrected chi connectivity index (χ2v) is 7.61. The fourth-order valence-electron chi connectivity index (χ4n) is 3.71. The summed E-state index contributed by atoms with van der Waals surface area (Å²) in [5, 5.41) is 0. The summed E-state index contributed by atoms with van der Waals surface area (Å²) >= 11 is 0. The number of carbonyl (C=O) groups excluding carboxylic acids is 1. The van der Waals surface area contributed by atoms with Crippen LogP contribution in [0.4, 0.5) is 5.95 Å². The van der Waals surface area contributed by atoms with Crippen LogP contribution in [0.1, 0.15) is 22.5 Å². The van der Waals surface area contributed by atoms with E-state index < -0.39 is 0 Å². The van der Waals surface area contributed by atoms with Crippen LogP contribution in [-0.2, 0) is 0 Å². The van der Waals surface area contributed by atoms with Gasteiger partial charge in [0.05, 0.1) is 5.69 Å². The number of carbonyl (C=O) groups is 1. The molecule has 2 aromatic heterocycles. The van der Waals surface area contributed by atoms with Crippen molar-refractivity contribution >= 4 is 11.9 Å². The number of nitrogens with one attached hydrogen (secondary N) is 1. The van der Waals surface area contributed by atoms with Gasteiger partial charge < -0.3 is 20.5 Å². The molecule has 3 heterocycles. The maximum Gasteiger partial charge on any atom is 0.270 e. The first-order chi connectivity index (χ1) is 14.0. The number of likely N-dealkylation sites (N-methyl/N-ethyl adjacent to an activating group) is 1. The number of aromatic nitrogens is 3. The molecule has 3 N–H and O–H groups in total. The maximum atomic E-state index is 13.0. The van der Waals surface area contributed by atoms with Gasteiger partial charge in [0.25, 0.3) is 5.91 Å². The highest BCUT2D eigenvalue weighted by Crippen LogP contribution is 2.31. The molecule has 0 saturated carbocycles. The molecular formula is C22H26N6O. The van der Waals surface area contributed by atoms with E-state index in [2.05, 4.69) is 33.0 Å². The molecule has 7 heteroatoms. The van der Waals surface area contributed by atoms with E-state index in [9.17, 15) is 4.79 Å². The summed E-state index contributed by atoms with van der Waals surface area (Å²) in [6.45, 7) is 5.46. The molecule has 1 saturated heterocycles. The first-order valence-electron chi connectivity index (χ1n) is 9.87. The minimum absolute atomic E-state index is 0.0192. The number of nitrogens with two attached hydrogens (primary N) is 1. The van der Waals surface area contributed by atoms with Crippen LogP contribution in [0.15, 0.2) is 42.7 Å². The molecule has 1 aliphatic heterocycles. The van der Waals surface area contributed by atoms with Crippen LogP contribution in [0.25, 0.3) is 22.4 Å². The van der Waals surface area contributed by atoms with E-state index in [-0.39, 0.29) is 11.9 Å². The van der Waals surface area contributed by atoms with E-state index in [4.69, 9.17) is 5.73 Å². The fourth-order valence-corrected chi connectivity index (χ4v) is 3.71. The maximum absolute atomic E-state index is 13.0. The summed E-state index contributed by atoms with van der Waals surface area (Å²) in [6.07, 6.45) is 4.54. The van der Waals surface area contributed by atoms with Crippen LogP contribution in [0.5, 0.6) is 0 Å². The normalized spacial score (nSPS) is 15.3. The number of hydrogen-bond acceptors (Lipinski definition) is 5. The van der Waals surface area contributed by atoms with Gasteiger partial charge in [-0.2, -0.15) is 0 Å². The number of hydrogen-bond donors (Lipinski definition) is 2. The second kappa shape index (κ2) is 8.05. The molecule has 0 radical (unpaired) electrons. The molecule has 3 aromatic rings. The van der Waals surface area contributed by atoms with Crippen LogP contribution in [-0.4, -0.2) is 63.9 Å². The lowest BCUT2D eigenvalue weighted by atomic mass is 10.0. The predicted octanol–water partition coefficient (Wildman–Crippen LogP) is 2.81. The molecule has 0 spiro atoms. The summed E-state index contributed by atoms with van der Waals surface area (Å²) in [4.78, 5) is 28.9. The van der Waals surface area contributed by atoms with Crippen molar-refractivity contribution in [1.82, 2.24) is 24.8 Å². The Hall–Kier alpha value is -3.19. The van der Waals surface area contributed by atoms with Gasteiger partial charge in [-0.05, 0) is 38.6 Å². The summed E-state index contributed by atoms with van der Waals surface area (Å²) in [7, 11) is 2.09. The average Bonchev–Trinajstić information content (AvgIpc) is 3.10. The Bertz CT molecular complexity index is 1030. The van der Waals surface area contributed by atoms with Gasteiger partial charge in [-0.15, -0.1) is 0 Å². The number of nitrogens with zero attached hydrogens (tertiary/aromatic N) is 4. The minimum Gasteiger partial charge on any atom is -0.368 e. The van der Waals surface area contributed by atoms with Crippen molar-refractivity contribution in [3.05, 3.63) is 54.0 Å². The van der Waals surface area contributed by atoms with Gasteiger partial charge in [-0.1, -0.05) is 29.8 Å². The first kappa shape index (κ1) is 19.1. The van der Waals surface area contributed by atoms with Crippen molar-refractivity contribution in [2.75, 3.05) is 39.0 Å². The minimum atomic E-state index is 0.0192. The molecule has 0 aliphatic carbocycles. The summed E-state index contributed by atoms with van der Waals surface area (Å²) in [5.74, 6) is 0.228. The number of anilines is 1. The second-order valence-electron chi connectivity index (χ2n) is 7.61. The van der Waals surface area contributed by atoms with Crippen molar-refractivity contribution in [2.24, 2.45) is 0 Å². The van der Waals surface area contributed by atoms with E-state index in [1.807, 2.05) is 42.3 Å². The van der Waals surface area contributed by atoms with E-state index in [0.29, 0.717) is 11.4 Å². The lowest BCUT2D eigenvalue weighted by Crippen LogP contribution is -2.34. The van der Waals surface area contributed by atoms with Gasteiger partial charge in [0.2, 0.25) is 5.95 Å². The smallest absolute Gasteiger partial charge is 0.270 e. The van der Waals surface area contributed by atoms with Crippen LogP contribution in [0.3, 0.4) is 0 Å². The zero-order chi connectivity index (χ0) is 20.4. The van der Waals surface area contributed by atoms with Gasteiger partial charge in [0.1, 0.15) is 5.69 Å². The molecule has 1 aromatic carbocycles. The van der Waals surface area contributed by atoms with Crippen LogP contribution < -0.4 is 5.73 Å². The van der Waals surface area contributed by atoms with Gasteiger partial charge >= 0.3 is 0 Å². The van der Waals surface area contributed by atoms with Crippen molar-refractivity contribution < 1.29 is 4.79 Å². The van der Waals surface area contributed by atoms with E-state index in [0.717, 1.165) is 54.9 Å². The molecule has 1 aliphatic rings. The molecule has 29 heavy (non-hydrogen) atoms. The van der Waals surface area contributed by atoms with E-state index >= 15 is 0 Å². The quantitative estimate of drug-likeness (QED) is 0.718. The molecule has 0 atom stereocenters. The molecule has 4 rings (SSSR count). The van der Waals surface area contributed by atoms with E-state index in [1.54, 1.807) is 6.20 Å². The number of nitrogen functional groups attached to an aromatic ring is 1. The Balaban J connectivity index is 1.66. The highest BCUT2D eigenvalue weighted by atomic mass is 16.2. The SMILES string of the molecule is Cc1cccc(-c2cnc(N)nc2-c2c[nH]c(C(=O)N3CCCN(C)CC3)c2)c1. The van der Waals surface area contributed by atoms with Crippen molar-refractivity contribution in [1.29, 1.82) is 0 Å². The number of amides is 1. The monoisotopic (exact) mass is 390 g/mol. The third-order valence-electron chi connectivity index (χ3n) is 5.33. The average molecular weight is 390 g/mol. The number of H-pyrrole nitrogens is 1. The van der Waals surface area contributed by atoms with E-state index in [1.165, 1.54) is 0 Å². The molecular weight excluding hydrogens is 364 g/mol. The van der Waals surface area contributed by atoms with Gasteiger partial charge in [-0.3, -0.25) is 4.79 Å². The van der Waals surface area contributed by atoms with Crippen molar-refractivity contribution in [2.45, 2.75) is 13.3 Å². The summed E-state index contributed by atoms with van der Waals surface area (Å²) < 4.78 is 0. The van der Waals surface area contributed by atoms with Crippen LogP contribution in [0.2, 0.25) is 0 Å². The van der Waals surface area contributed by atoms with Crippen molar-refractivity contribution in [3.8, 4) is 22.4 Å². The Labute approximate surface area is 170 Å². The summed E-state index contributed by atoms with van der Waals surface area (Å²) in [6, 6.07) is 10.0. The predicted molar refractivity (Wildman–Crippen MR) is 114 cm³/mol. The lowest BCUT2D eigenvalue weighted by molar-refractivity contribution is 0.0757. The topological polar surface area (TPSA) is 91.1 Å². The molecule has 150 valence electrons. The Morgan fingerprint density at radius 2 is 2.00 bits per heavy atom. The number of aromatic amines is 1. The Kier molecular flexibility index (Phi) is 5.31. The highest BCUT2D eigenvalue weighted by molar-refractivity contribution is 5.94.